The molecule has 2 rings (SSSR count). The SMILES string of the molecule is COC(=O)CNC(=O)c1ccn(COc2ccc(Cl)cc2Cl)n1. The molecule has 0 spiro atoms. The van der Waals surface area contributed by atoms with E-state index in [1.165, 1.54) is 17.9 Å². The van der Waals surface area contributed by atoms with Crippen molar-refractivity contribution >= 4 is 35.1 Å². The second-order valence-electron chi connectivity index (χ2n) is 4.35. The van der Waals surface area contributed by atoms with Crippen LogP contribution < -0.4 is 10.1 Å². The first-order valence-electron chi connectivity index (χ1n) is 6.46. The number of esters is 1. The lowest BCUT2D eigenvalue weighted by molar-refractivity contribution is -0.139. The molecule has 0 unspecified atom stereocenters. The number of hydrogen-bond donors (Lipinski definition) is 1. The third-order valence-electron chi connectivity index (χ3n) is 2.74. The van der Waals surface area contributed by atoms with Crippen LogP contribution in [0.3, 0.4) is 0 Å². The van der Waals surface area contributed by atoms with Crippen LogP contribution in [0.2, 0.25) is 10.0 Å². The van der Waals surface area contributed by atoms with Crippen molar-refractivity contribution in [2.45, 2.75) is 6.73 Å². The van der Waals surface area contributed by atoms with E-state index in [0.29, 0.717) is 15.8 Å². The summed E-state index contributed by atoms with van der Waals surface area (Å²) in [6.07, 6.45) is 1.57. The zero-order chi connectivity index (χ0) is 16.8. The molecule has 0 aliphatic carbocycles. The van der Waals surface area contributed by atoms with Gasteiger partial charge in [-0.3, -0.25) is 9.59 Å². The molecule has 1 heterocycles. The molecule has 0 aliphatic heterocycles. The molecule has 23 heavy (non-hydrogen) atoms. The van der Waals surface area contributed by atoms with Crippen LogP contribution in [-0.2, 0) is 16.3 Å². The molecule has 0 atom stereocenters. The lowest BCUT2D eigenvalue weighted by Gasteiger charge is -2.08. The van der Waals surface area contributed by atoms with Crippen LogP contribution in [-0.4, -0.2) is 35.3 Å². The summed E-state index contributed by atoms with van der Waals surface area (Å²) in [5.74, 6) is -0.583. The molecule has 7 nitrogen and oxygen atoms in total. The average Bonchev–Trinajstić information content (AvgIpc) is 3.00. The summed E-state index contributed by atoms with van der Waals surface area (Å²) in [6, 6.07) is 6.35. The highest BCUT2D eigenvalue weighted by molar-refractivity contribution is 6.35. The molecule has 0 saturated carbocycles. The number of ether oxygens (including phenoxy) is 2. The summed E-state index contributed by atoms with van der Waals surface area (Å²) >= 11 is 11.8. The van der Waals surface area contributed by atoms with E-state index in [-0.39, 0.29) is 19.0 Å². The number of carbonyl (C=O) groups is 2. The van der Waals surface area contributed by atoms with Gasteiger partial charge in [-0.1, -0.05) is 23.2 Å². The smallest absolute Gasteiger partial charge is 0.325 e. The summed E-state index contributed by atoms with van der Waals surface area (Å²) in [4.78, 5) is 22.7. The van der Waals surface area contributed by atoms with Crippen molar-refractivity contribution in [2.24, 2.45) is 0 Å². The number of nitrogens with one attached hydrogen (secondary N) is 1. The molecule has 0 radical (unpaired) electrons. The first-order valence-corrected chi connectivity index (χ1v) is 7.21. The maximum Gasteiger partial charge on any atom is 0.325 e. The van der Waals surface area contributed by atoms with E-state index in [1.807, 2.05) is 0 Å². The Hall–Kier alpha value is -2.25. The minimum absolute atomic E-state index is 0.0611. The standard InChI is InChI=1S/C14H13Cl2N3O4/c1-22-13(20)7-17-14(21)11-4-5-19(18-11)8-23-12-3-2-9(15)6-10(12)16/h2-6H,7-8H2,1H3,(H,17,21). The molecule has 1 amide bonds. The quantitative estimate of drug-likeness (QED) is 0.800. The molecular formula is C14H13Cl2N3O4. The van der Waals surface area contributed by atoms with Crippen LogP contribution in [0.15, 0.2) is 30.5 Å². The first-order chi connectivity index (χ1) is 11.0. The van der Waals surface area contributed by atoms with E-state index < -0.39 is 11.9 Å². The van der Waals surface area contributed by atoms with Crippen LogP contribution >= 0.6 is 23.2 Å². The van der Waals surface area contributed by atoms with Crippen LogP contribution in [0, 0.1) is 0 Å². The van der Waals surface area contributed by atoms with Crippen molar-refractivity contribution in [3.8, 4) is 5.75 Å². The highest BCUT2D eigenvalue weighted by Crippen LogP contribution is 2.27. The van der Waals surface area contributed by atoms with Crippen molar-refractivity contribution in [3.63, 3.8) is 0 Å². The molecule has 0 bridgehead atoms. The molecule has 2 aromatic rings. The van der Waals surface area contributed by atoms with Gasteiger partial charge in [0.25, 0.3) is 5.91 Å². The topological polar surface area (TPSA) is 82.5 Å². The number of aromatic nitrogens is 2. The Bertz CT molecular complexity index is 718. The summed E-state index contributed by atoms with van der Waals surface area (Å²) in [5.41, 5.74) is 0.153. The highest BCUT2D eigenvalue weighted by atomic mass is 35.5. The minimum Gasteiger partial charge on any atom is -0.470 e. The van der Waals surface area contributed by atoms with Crippen LogP contribution in [0.5, 0.6) is 5.75 Å². The Kier molecular flexibility index (Phi) is 5.84. The first kappa shape index (κ1) is 17.1. The molecule has 1 aromatic carbocycles. The lowest BCUT2D eigenvalue weighted by Crippen LogP contribution is -2.30. The maximum atomic E-state index is 11.8. The van der Waals surface area contributed by atoms with Gasteiger partial charge in [0.15, 0.2) is 6.73 Å². The minimum atomic E-state index is -0.543. The predicted molar refractivity (Wildman–Crippen MR) is 83.7 cm³/mol. The second-order valence-corrected chi connectivity index (χ2v) is 5.19. The number of methoxy groups -OCH3 is 1. The van der Waals surface area contributed by atoms with E-state index in [2.05, 4.69) is 15.2 Å². The Labute approximate surface area is 142 Å². The number of benzene rings is 1. The molecule has 122 valence electrons. The van der Waals surface area contributed by atoms with Crippen LogP contribution in [0.1, 0.15) is 10.5 Å². The zero-order valence-electron chi connectivity index (χ0n) is 12.1. The second kappa shape index (κ2) is 7.85. The van der Waals surface area contributed by atoms with Gasteiger partial charge in [-0.2, -0.15) is 5.10 Å². The fourth-order valence-electron chi connectivity index (χ4n) is 1.60. The third-order valence-corrected chi connectivity index (χ3v) is 3.27. The van der Waals surface area contributed by atoms with Gasteiger partial charge in [-0.15, -0.1) is 0 Å². The predicted octanol–water partition coefficient (Wildman–Crippen LogP) is 2.13. The summed E-state index contributed by atoms with van der Waals surface area (Å²) < 4.78 is 11.3. The number of hydrogen-bond acceptors (Lipinski definition) is 5. The van der Waals surface area contributed by atoms with Crippen molar-refractivity contribution in [1.82, 2.24) is 15.1 Å². The van der Waals surface area contributed by atoms with Crippen molar-refractivity contribution in [3.05, 3.63) is 46.2 Å². The van der Waals surface area contributed by atoms with Gasteiger partial charge in [0, 0.05) is 11.2 Å². The fourth-order valence-corrected chi connectivity index (χ4v) is 2.06. The molecule has 1 aromatic heterocycles. The highest BCUT2D eigenvalue weighted by Gasteiger charge is 2.11. The average molecular weight is 358 g/mol. The normalized spacial score (nSPS) is 10.2. The third kappa shape index (κ3) is 4.87. The van der Waals surface area contributed by atoms with Gasteiger partial charge in [0.05, 0.1) is 12.1 Å². The van der Waals surface area contributed by atoms with Gasteiger partial charge in [-0.25, -0.2) is 4.68 Å². The summed E-state index contributed by atoms with van der Waals surface area (Å²) in [7, 11) is 1.24. The number of nitrogens with zero attached hydrogens (tertiary/aromatic N) is 2. The van der Waals surface area contributed by atoms with Crippen LogP contribution in [0.4, 0.5) is 0 Å². The van der Waals surface area contributed by atoms with Crippen molar-refractivity contribution in [1.29, 1.82) is 0 Å². The Morgan fingerprint density at radius 3 is 2.78 bits per heavy atom. The molecule has 0 saturated heterocycles. The van der Waals surface area contributed by atoms with Crippen molar-refractivity contribution in [2.75, 3.05) is 13.7 Å². The molecule has 0 fully saturated rings. The van der Waals surface area contributed by atoms with Crippen molar-refractivity contribution < 1.29 is 19.1 Å². The molecule has 1 N–H and O–H groups in total. The Balaban J connectivity index is 1.91. The van der Waals surface area contributed by atoms with Gasteiger partial charge in [0.1, 0.15) is 18.0 Å². The molecule has 9 heteroatoms. The number of halogens is 2. The summed E-state index contributed by atoms with van der Waals surface area (Å²) in [6.45, 7) is -0.162. The van der Waals surface area contributed by atoms with Gasteiger partial charge in [0.2, 0.25) is 0 Å². The van der Waals surface area contributed by atoms with Gasteiger partial charge < -0.3 is 14.8 Å². The van der Waals surface area contributed by atoms with E-state index >= 15 is 0 Å². The summed E-state index contributed by atoms with van der Waals surface area (Å²) in [5, 5.41) is 7.30. The lowest BCUT2D eigenvalue weighted by atomic mass is 10.3. The number of amides is 1. The largest absolute Gasteiger partial charge is 0.470 e. The fraction of sp³-hybridized carbons (Fsp3) is 0.214. The molecule has 0 aliphatic rings. The maximum absolute atomic E-state index is 11.8. The Morgan fingerprint density at radius 1 is 1.30 bits per heavy atom. The zero-order valence-corrected chi connectivity index (χ0v) is 13.6. The Morgan fingerprint density at radius 2 is 2.09 bits per heavy atom. The van der Waals surface area contributed by atoms with E-state index in [9.17, 15) is 9.59 Å². The van der Waals surface area contributed by atoms with E-state index in [0.717, 1.165) is 0 Å². The van der Waals surface area contributed by atoms with E-state index in [4.69, 9.17) is 27.9 Å². The van der Waals surface area contributed by atoms with E-state index in [1.54, 1.807) is 24.4 Å². The number of rotatable bonds is 6. The number of carbonyl (C=O) groups excluding carboxylic acids is 2. The monoisotopic (exact) mass is 357 g/mol. The molecular weight excluding hydrogens is 345 g/mol. The van der Waals surface area contributed by atoms with Gasteiger partial charge >= 0.3 is 5.97 Å². The van der Waals surface area contributed by atoms with Crippen LogP contribution in [0.25, 0.3) is 0 Å². The van der Waals surface area contributed by atoms with Gasteiger partial charge in [-0.05, 0) is 24.3 Å².